The Morgan fingerprint density at radius 1 is 1.30 bits per heavy atom. The highest BCUT2D eigenvalue weighted by Gasteiger charge is 2.38. The van der Waals surface area contributed by atoms with E-state index in [-0.39, 0.29) is 4.58 Å². The molecule has 0 saturated carbocycles. The van der Waals surface area contributed by atoms with E-state index in [1.165, 1.54) is 29.1 Å². The fourth-order valence-corrected chi connectivity index (χ4v) is 5.56. The second-order valence-electron chi connectivity index (χ2n) is 4.80. The third-order valence-electron chi connectivity index (χ3n) is 3.20. The third kappa shape index (κ3) is 3.84. The van der Waals surface area contributed by atoms with Gasteiger partial charge in [-0.2, -0.15) is 11.8 Å². The maximum Gasteiger partial charge on any atom is 0.108 e. The summed E-state index contributed by atoms with van der Waals surface area (Å²) in [4.78, 5) is 1.08. The largest absolute Gasteiger partial charge is 0.389 e. The molecule has 2 aliphatic rings. The standard InChI is InChI=1S/C13H19NO3S3/c1-18-5-7-4-8(14)2-3-10(7)20-13-12(17)11(16)9(15)6-19-13/h2-3,9,11-17H,4-6H2,1H3/t9-,11+,12-,13+/m1/s1. The molecule has 112 valence electrons. The minimum Gasteiger partial charge on any atom is -0.389 e. The molecule has 0 spiro atoms. The average Bonchev–Trinajstić information content (AvgIpc) is 2.42. The van der Waals surface area contributed by atoms with Crippen molar-refractivity contribution in [2.75, 3.05) is 17.8 Å². The monoisotopic (exact) mass is 333 g/mol. The van der Waals surface area contributed by atoms with Gasteiger partial charge in [0.1, 0.15) is 12.2 Å². The van der Waals surface area contributed by atoms with Gasteiger partial charge in [-0.25, -0.2) is 0 Å². The minimum atomic E-state index is -1.08. The molecule has 20 heavy (non-hydrogen) atoms. The quantitative estimate of drug-likeness (QED) is 0.623. The third-order valence-corrected chi connectivity index (χ3v) is 6.87. The molecule has 0 aromatic carbocycles. The predicted octanol–water partition coefficient (Wildman–Crippen LogP) is 1.47. The van der Waals surface area contributed by atoms with Crippen molar-refractivity contribution in [2.24, 2.45) is 0 Å². The normalized spacial score (nSPS) is 34.7. The lowest BCUT2D eigenvalue weighted by Gasteiger charge is -2.35. The lowest BCUT2D eigenvalue weighted by Crippen LogP contribution is -2.47. The van der Waals surface area contributed by atoms with E-state index in [0.717, 1.165) is 10.7 Å². The van der Waals surface area contributed by atoms with Gasteiger partial charge in [0.15, 0.2) is 0 Å². The number of hydrogen-bond acceptors (Lipinski definition) is 7. The van der Waals surface area contributed by atoms with Crippen LogP contribution < -0.4 is 0 Å². The van der Waals surface area contributed by atoms with Crippen LogP contribution in [0.3, 0.4) is 0 Å². The SMILES string of the molecule is CSCC1=C(S[C@@H]2SC[C@@H](O)[C@H](O)[C@H]2O)C=CC(=N)C1. The summed E-state index contributed by atoms with van der Waals surface area (Å²) in [5.41, 5.74) is 1.80. The zero-order valence-corrected chi connectivity index (χ0v) is 13.6. The predicted molar refractivity (Wildman–Crippen MR) is 88.7 cm³/mol. The molecule has 0 aromatic heterocycles. The second-order valence-corrected chi connectivity index (χ2v) is 8.33. The van der Waals surface area contributed by atoms with Crippen LogP contribution >= 0.6 is 35.3 Å². The van der Waals surface area contributed by atoms with Crippen molar-refractivity contribution in [1.82, 2.24) is 0 Å². The summed E-state index contributed by atoms with van der Waals surface area (Å²) in [5.74, 6) is 1.30. The van der Waals surface area contributed by atoms with Crippen LogP contribution in [0.4, 0.5) is 0 Å². The summed E-state index contributed by atoms with van der Waals surface area (Å²) in [7, 11) is 0. The maximum atomic E-state index is 10.1. The van der Waals surface area contributed by atoms with E-state index in [4.69, 9.17) is 5.41 Å². The van der Waals surface area contributed by atoms with Gasteiger partial charge < -0.3 is 20.7 Å². The van der Waals surface area contributed by atoms with Gasteiger partial charge in [-0.1, -0.05) is 0 Å². The Kier molecular flexibility index (Phi) is 6.07. The highest BCUT2D eigenvalue weighted by Crippen LogP contribution is 2.41. The summed E-state index contributed by atoms with van der Waals surface area (Å²) >= 11 is 4.72. The van der Waals surface area contributed by atoms with Crippen LogP contribution in [0.2, 0.25) is 0 Å². The van der Waals surface area contributed by atoms with E-state index in [1.807, 2.05) is 12.3 Å². The highest BCUT2D eigenvalue weighted by molar-refractivity contribution is 8.19. The molecule has 0 radical (unpaired) electrons. The van der Waals surface area contributed by atoms with Crippen LogP contribution in [0.25, 0.3) is 0 Å². The van der Waals surface area contributed by atoms with Crippen molar-refractivity contribution in [2.45, 2.75) is 29.3 Å². The molecule has 0 amide bonds. The first kappa shape index (κ1) is 16.5. The van der Waals surface area contributed by atoms with Crippen LogP contribution in [0.5, 0.6) is 0 Å². The first-order valence-corrected chi connectivity index (χ1v) is 9.64. The molecule has 0 unspecified atom stereocenters. The highest BCUT2D eigenvalue weighted by atomic mass is 32.2. The molecule has 1 aliphatic carbocycles. The summed E-state index contributed by atoms with van der Waals surface area (Å²) in [6, 6.07) is 0. The zero-order valence-electron chi connectivity index (χ0n) is 11.2. The number of aliphatic hydroxyl groups excluding tert-OH is 3. The molecule has 4 N–H and O–H groups in total. The Labute approximate surface area is 131 Å². The Bertz CT molecular complexity index is 439. The number of rotatable bonds is 4. The van der Waals surface area contributed by atoms with Crippen molar-refractivity contribution in [3.05, 3.63) is 22.6 Å². The molecule has 4 atom stereocenters. The molecule has 2 rings (SSSR count). The molecular weight excluding hydrogens is 314 g/mol. The van der Waals surface area contributed by atoms with Crippen LogP contribution in [0, 0.1) is 5.41 Å². The van der Waals surface area contributed by atoms with Gasteiger partial charge in [0, 0.05) is 28.5 Å². The number of nitrogens with one attached hydrogen (secondary N) is 1. The van der Waals surface area contributed by atoms with Crippen molar-refractivity contribution >= 4 is 41.0 Å². The number of thioether (sulfide) groups is 3. The zero-order chi connectivity index (χ0) is 14.7. The van der Waals surface area contributed by atoms with E-state index >= 15 is 0 Å². The summed E-state index contributed by atoms with van der Waals surface area (Å²) in [5, 5.41) is 37.1. The lowest BCUT2D eigenvalue weighted by atomic mass is 10.1. The molecule has 1 aliphatic heterocycles. The van der Waals surface area contributed by atoms with E-state index in [2.05, 4.69) is 0 Å². The Balaban J connectivity index is 2.09. The van der Waals surface area contributed by atoms with E-state index in [0.29, 0.717) is 17.9 Å². The van der Waals surface area contributed by atoms with Crippen molar-refractivity contribution < 1.29 is 15.3 Å². The molecule has 1 fully saturated rings. The maximum absolute atomic E-state index is 10.1. The Hall–Kier alpha value is 0.0800. The van der Waals surface area contributed by atoms with Crippen molar-refractivity contribution in [1.29, 1.82) is 5.41 Å². The molecule has 0 aromatic rings. The Morgan fingerprint density at radius 2 is 2.05 bits per heavy atom. The average molecular weight is 334 g/mol. The van der Waals surface area contributed by atoms with Gasteiger partial charge in [0.2, 0.25) is 0 Å². The minimum absolute atomic E-state index is 0.183. The number of aliphatic hydroxyl groups is 3. The number of allylic oxidation sites excluding steroid dienone is 2. The molecule has 1 saturated heterocycles. The smallest absolute Gasteiger partial charge is 0.108 e. The van der Waals surface area contributed by atoms with Gasteiger partial charge in [-0.3, -0.25) is 0 Å². The van der Waals surface area contributed by atoms with Gasteiger partial charge in [-0.15, -0.1) is 23.5 Å². The first-order chi connectivity index (χ1) is 9.52. The molecule has 4 nitrogen and oxygen atoms in total. The van der Waals surface area contributed by atoms with Gasteiger partial charge >= 0.3 is 0 Å². The molecule has 1 heterocycles. The fourth-order valence-electron chi connectivity index (χ4n) is 2.10. The number of hydrogen-bond donors (Lipinski definition) is 4. The summed E-state index contributed by atoms with van der Waals surface area (Å²) in [6.07, 6.45) is 3.52. The second kappa shape index (κ2) is 7.38. The van der Waals surface area contributed by atoms with Gasteiger partial charge in [-0.05, 0) is 24.0 Å². The summed E-state index contributed by atoms with van der Waals surface area (Å²) in [6.45, 7) is 0. The van der Waals surface area contributed by atoms with Gasteiger partial charge in [0.05, 0.1) is 10.7 Å². The van der Waals surface area contributed by atoms with Gasteiger partial charge in [0.25, 0.3) is 0 Å². The van der Waals surface area contributed by atoms with E-state index in [1.54, 1.807) is 17.8 Å². The van der Waals surface area contributed by atoms with Crippen LogP contribution in [0.1, 0.15) is 6.42 Å². The molecule has 7 heteroatoms. The molecule has 0 bridgehead atoms. The van der Waals surface area contributed by atoms with Crippen molar-refractivity contribution in [3.63, 3.8) is 0 Å². The van der Waals surface area contributed by atoms with Crippen molar-refractivity contribution in [3.8, 4) is 0 Å². The van der Waals surface area contributed by atoms with Crippen LogP contribution in [0.15, 0.2) is 22.6 Å². The molecular formula is C13H19NO3S3. The Morgan fingerprint density at radius 3 is 2.75 bits per heavy atom. The first-order valence-electron chi connectivity index (χ1n) is 6.32. The lowest BCUT2D eigenvalue weighted by molar-refractivity contribution is -0.0473. The topological polar surface area (TPSA) is 84.5 Å². The van der Waals surface area contributed by atoms with E-state index < -0.39 is 18.3 Å². The van der Waals surface area contributed by atoms with Crippen LogP contribution in [-0.4, -0.2) is 61.7 Å². The summed E-state index contributed by atoms with van der Waals surface area (Å²) < 4.78 is -0.183. The fraction of sp³-hybridized carbons (Fsp3) is 0.615. The van der Waals surface area contributed by atoms with Crippen LogP contribution in [-0.2, 0) is 0 Å². The van der Waals surface area contributed by atoms with E-state index in [9.17, 15) is 15.3 Å².